The Bertz CT molecular complexity index is 1050. The molecule has 3 fully saturated rings. The first-order valence-corrected chi connectivity index (χ1v) is 15.1. The van der Waals surface area contributed by atoms with E-state index in [2.05, 4.69) is 19.2 Å². The maximum Gasteiger partial charge on any atom is 0.410 e. The van der Waals surface area contributed by atoms with Gasteiger partial charge in [0, 0.05) is 31.1 Å². The molecular formula is C31H46ClN3O5. The number of alkyl carbamates (subject to hydrolysis) is 1. The molecule has 1 N–H and O–H groups in total. The number of nitrogens with zero attached hydrogens (tertiary/aromatic N) is 2. The number of rotatable bonds is 7. The molecule has 3 aliphatic rings. The highest BCUT2D eigenvalue weighted by atomic mass is 35.5. The molecule has 1 aliphatic carbocycles. The van der Waals surface area contributed by atoms with Crippen molar-refractivity contribution in [2.24, 2.45) is 11.3 Å². The Morgan fingerprint density at radius 3 is 2.27 bits per heavy atom. The van der Waals surface area contributed by atoms with E-state index >= 15 is 0 Å². The van der Waals surface area contributed by atoms with Crippen molar-refractivity contribution >= 4 is 29.7 Å². The summed E-state index contributed by atoms with van der Waals surface area (Å²) in [5.74, 6) is 0.409. The third-order valence-corrected chi connectivity index (χ3v) is 9.11. The number of ether oxygens (including phenoxy) is 2. The van der Waals surface area contributed by atoms with Crippen molar-refractivity contribution in [1.29, 1.82) is 0 Å². The normalized spacial score (nSPS) is 22.0. The summed E-state index contributed by atoms with van der Waals surface area (Å²) in [7, 11) is 0. The number of piperidine rings is 1. The molecule has 0 aromatic heterocycles. The molecule has 0 radical (unpaired) electrons. The predicted molar refractivity (Wildman–Crippen MR) is 155 cm³/mol. The maximum atomic E-state index is 13.9. The quantitative estimate of drug-likeness (QED) is 0.418. The van der Waals surface area contributed by atoms with Gasteiger partial charge in [-0.05, 0) is 89.3 Å². The topological polar surface area (TPSA) is 88.2 Å². The molecule has 2 saturated heterocycles. The molecule has 40 heavy (non-hydrogen) atoms. The monoisotopic (exact) mass is 575 g/mol. The van der Waals surface area contributed by atoms with E-state index in [-0.39, 0.29) is 23.0 Å². The molecule has 9 heteroatoms. The van der Waals surface area contributed by atoms with Crippen molar-refractivity contribution in [2.45, 2.75) is 103 Å². The van der Waals surface area contributed by atoms with Gasteiger partial charge in [-0.1, -0.05) is 43.0 Å². The van der Waals surface area contributed by atoms with Crippen LogP contribution in [0.5, 0.6) is 0 Å². The van der Waals surface area contributed by atoms with Gasteiger partial charge in [0.1, 0.15) is 18.2 Å². The van der Waals surface area contributed by atoms with Gasteiger partial charge < -0.3 is 19.7 Å². The minimum absolute atomic E-state index is 0.0535. The minimum atomic E-state index is -0.759. The first-order chi connectivity index (χ1) is 18.8. The Morgan fingerprint density at radius 2 is 1.73 bits per heavy atom. The highest BCUT2D eigenvalue weighted by Gasteiger charge is 2.49. The summed E-state index contributed by atoms with van der Waals surface area (Å²) in [6.45, 7) is 11.8. The Morgan fingerprint density at radius 1 is 1.10 bits per heavy atom. The molecule has 1 aromatic carbocycles. The second-order valence-electron chi connectivity index (χ2n) is 13.5. The lowest BCUT2D eigenvalue weighted by Gasteiger charge is -2.50. The van der Waals surface area contributed by atoms with Crippen LogP contribution in [0, 0.1) is 11.3 Å². The average molecular weight is 576 g/mol. The molecule has 1 saturated carbocycles. The van der Waals surface area contributed by atoms with Gasteiger partial charge in [0.15, 0.2) is 0 Å². The molecule has 1 atom stereocenters. The third kappa shape index (κ3) is 7.42. The van der Waals surface area contributed by atoms with Crippen LogP contribution < -0.4 is 5.32 Å². The molecule has 8 nitrogen and oxygen atoms in total. The number of carbonyl (C=O) groups excluding carboxylic acids is 3. The molecule has 0 spiro atoms. The van der Waals surface area contributed by atoms with Gasteiger partial charge in [-0.3, -0.25) is 9.69 Å². The van der Waals surface area contributed by atoms with E-state index in [1.165, 1.54) is 19.3 Å². The molecule has 1 aromatic rings. The standard InChI is InChI=1S/C31H46ClN3O5/c1-29(2,3)40-27(37)33-25(19-22-11-13-24(32)14-12-22)26(36)34-17-15-31(16-18-34,23-9-7-6-8-10-23)20-35-28(38)39-21-30(35,4)5/h11-14,23,25H,6-10,15-21H2,1-5H3,(H,33,37). The second kappa shape index (κ2) is 12.2. The van der Waals surface area contributed by atoms with Crippen LogP contribution in [-0.2, 0) is 20.7 Å². The Kier molecular flexibility index (Phi) is 9.28. The van der Waals surface area contributed by atoms with Crippen LogP contribution in [0.4, 0.5) is 9.59 Å². The Labute approximate surface area is 244 Å². The fourth-order valence-corrected chi connectivity index (χ4v) is 6.67. The number of cyclic esters (lactones) is 1. The fourth-order valence-electron chi connectivity index (χ4n) is 6.54. The van der Waals surface area contributed by atoms with E-state index in [9.17, 15) is 14.4 Å². The van der Waals surface area contributed by atoms with Gasteiger partial charge in [-0.2, -0.15) is 0 Å². The van der Waals surface area contributed by atoms with E-state index < -0.39 is 17.7 Å². The number of hydrogen-bond donors (Lipinski definition) is 1. The molecule has 2 heterocycles. The van der Waals surface area contributed by atoms with Crippen molar-refractivity contribution in [3.8, 4) is 0 Å². The van der Waals surface area contributed by atoms with Crippen molar-refractivity contribution in [3.05, 3.63) is 34.9 Å². The van der Waals surface area contributed by atoms with Gasteiger partial charge in [0.25, 0.3) is 0 Å². The zero-order valence-corrected chi connectivity index (χ0v) is 25.5. The number of carbonyl (C=O) groups is 3. The van der Waals surface area contributed by atoms with Crippen LogP contribution >= 0.6 is 11.6 Å². The molecule has 4 rings (SSSR count). The molecule has 222 valence electrons. The Balaban J connectivity index is 1.50. The second-order valence-corrected chi connectivity index (χ2v) is 13.9. The predicted octanol–water partition coefficient (Wildman–Crippen LogP) is 6.20. The van der Waals surface area contributed by atoms with Gasteiger partial charge in [-0.15, -0.1) is 0 Å². The third-order valence-electron chi connectivity index (χ3n) is 8.86. The van der Waals surface area contributed by atoms with E-state index in [1.807, 2.05) is 21.9 Å². The summed E-state index contributed by atoms with van der Waals surface area (Å²) in [5.41, 5.74) is -0.163. The molecule has 0 bridgehead atoms. The number of hydrogen-bond acceptors (Lipinski definition) is 5. The molecular weight excluding hydrogens is 530 g/mol. The van der Waals surface area contributed by atoms with Crippen LogP contribution in [0.3, 0.4) is 0 Å². The summed E-state index contributed by atoms with van der Waals surface area (Å²) >= 11 is 6.07. The summed E-state index contributed by atoms with van der Waals surface area (Å²) in [6.07, 6.45) is 7.16. The van der Waals surface area contributed by atoms with Crippen molar-refractivity contribution in [1.82, 2.24) is 15.1 Å². The number of amides is 3. The molecule has 1 unspecified atom stereocenters. The van der Waals surface area contributed by atoms with Crippen LogP contribution in [0.15, 0.2) is 24.3 Å². The van der Waals surface area contributed by atoms with Crippen LogP contribution in [0.25, 0.3) is 0 Å². The highest BCUT2D eigenvalue weighted by Crippen LogP contribution is 2.48. The largest absolute Gasteiger partial charge is 0.447 e. The minimum Gasteiger partial charge on any atom is -0.447 e. The number of halogens is 1. The van der Waals surface area contributed by atoms with Gasteiger partial charge in [-0.25, -0.2) is 9.59 Å². The van der Waals surface area contributed by atoms with Gasteiger partial charge in [0.05, 0.1) is 5.54 Å². The summed E-state index contributed by atoms with van der Waals surface area (Å²) in [4.78, 5) is 43.2. The SMILES string of the molecule is CC(C)(C)OC(=O)NC(Cc1ccc(Cl)cc1)C(=O)N1CCC(CN2C(=O)OCC2(C)C)(C2CCCCC2)CC1. The number of likely N-dealkylation sites (tertiary alicyclic amines) is 1. The van der Waals surface area contributed by atoms with Gasteiger partial charge in [0.2, 0.25) is 5.91 Å². The van der Waals surface area contributed by atoms with E-state index in [0.717, 1.165) is 31.2 Å². The summed E-state index contributed by atoms with van der Waals surface area (Å²) in [6, 6.07) is 6.57. The zero-order valence-electron chi connectivity index (χ0n) is 24.8. The molecule has 2 aliphatic heterocycles. The zero-order chi connectivity index (χ0) is 29.1. The lowest BCUT2D eigenvalue weighted by atomic mass is 9.63. The van der Waals surface area contributed by atoms with Crippen molar-refractivity contribution in [3.63, 3.8) is 0 Å². The van der Waals surface area contributed by atoms with E-state index in [4.69, 9.17) is 21.1 Å². The number of benzene rings is 1. The van der Waals surface area contributed by atoms with Crippen molar-refractivity contribution < 1.29 is 23.9 Å². The smallest absolute Gasteiger partial charge is 0.410 e. The van der Waals surface area contributed by atoms with Crippen LogP contribution in [0.2, 0.25) is 5.02 Å². The highest BCUT2D eigenvalue weighted by molar-refractivity contribution is 6.30. The van der Waals surface area contributed by atoms with Gasteiger partial charge >= 0.3 is 12.2 Å². The first-order valence-electron chi connectivity index (χ1n) is 14.8. The van der Waals surface area contributed by atoms with Crippen LogP contribution in [-0.4, -0.2) is 71.3 Å². The average Bonchev–Trinajstić information content (AvgIpc) is 3.15. The maximum absolute atomic E-state index is 13.9. The van der Waals surface area contributed by atoms with Crippen LogP contribution in [0.1, 0.15) is 85.1 Å². The summed E-state index contributed by atoms with van der Waals surface area (Å²) in [5, 5.41) is 3.46. The summed E-state index contributed by atoms with van der Waals surface area (Å²) < 4.78 is 10.9. The lowest BCUT2D eigenvalue weighted by molar-refractivity contribution is -0.137. The number of nitrogens with one attached hydrogen (secondary N) is 1. The van der Waals surface area contributed by atoms with E-state index in [1.54, 1.807) is 32.9 Å². The van der Waals surface area contributed by atoms with E-state index in [0.29, 0.717) is 43.6 Å². The first kappa shape index (κ1) is 30.5. The lowest BCUT2D eigenvalue weighted by Crippen LogP contribution is -2.57. The van der Waals surface area contributed by atoms with Crippen molar-refractivity contribution in [2.75, 3.05) is 26.2 Å². The fraction of sp³-hybridized carbons (Fsp3) is 0.710. The molecule has 3 amide bonds. The Hall–Kier alpha value is -2.48.